The number of rotatable bonds is 9. The summed E-state index contributed by atoms with van der Waals surface area (Å²) in [6.07, 6.45) is 0. The van der Waals surface area contributed by atoms with Crippen LogP contribution in [-0.4, -0.2) is 57.0 Å². The van der Waals surface area contributed by atoms with Crippen molar-refractivity contribution in [2.75, 3.05) is 20.1 Å². The molecule has 174 valence electrons. The molecule has 0 aliphatic heterocycles. The molecule has 0 radical (unpaired) electrons. The number of halogens is 1. The molecule has 0 spiro atoms. The predicted molar refractivity (Wildman–Crippen MR) is 137 cm³/mol. The Bertz CT molecular complexity index is 766. The number of benzene rings is 1. The lowest BCUT2D eigenvalue weighted by molar-refractivity contribution is 0.178. The first-order valence-corrected chi connectivity index (χ1v) is 11.7. The summed E-state index contributed by atoms with van der Waals surface area (Å²) in [5.74, 6) is 0.647. The summed E-state index contributed by atoms with van der Waals surface area (Å²) in [4.78, 5) is 6.94. The van der Waals surface area contributed by atoms with Gasteiger partial charge in [-0.15, -0.1) is 24.0 Å². The maximum atomic E-state index is 12.8. The van der Waals surface area contributed by atoms with Gasteiger partial charge >= 0.3 is 0 Å². The normalized spacial score (nSPS) is 13.0. The molecule has 0 amide bonds. The SMILES string of the molecule is CN=C(NCCN(C(C)C)C(C)C)NCc1ccccc1S(=O)(=O)NC(C)(C)C.I. The highest BCUT2D eigenvalue weighted by atomic mass is 127. The summed E-state index contributed by atoms with van der Waals surface area (Å²) in [6, 6.07) is 7.96. The standard InChI is InChI=1S/C21H39N5O2S.HI/c1-16(2)26(17(3)4)14-13-23-20(22-8)24-15-18-11-9-10-12-19(18)29(27,28)25-21(5,6)7;/h9-12,16-17,25H,13-15H2,1-8H3,(H2,22,23,24);1H. The van der Waals surface area contributed by atoms with Crippen molar-refractivity contribution in [3.8, 4) is 0 Å². The van der Waals surface area contributed by atoms with Gasteiger partial charge in [-0.25, -0.2) is 13.1 Å². The van der Waals surface area contributed by atoms with Crippen LogP contribution in [0.1, 0.15) is 54.0 Å². The van der Waals surface area contributed by atoms with Crippen LogP contribution in [0, 0.1) is 0 Å². The number of hydrogen-bond acceptors (Lipinski definition) is 4. The zero-order valence-corrected chi connectivity index (χ0v) is 22.8. The molecule has 0 heterocycles. The van der Waals surface area contributed by atoms with E-state index < -0.39 is 15.6 Å². The third-order valence-corrected chi connectivity index (χ3v) is 6.22. The zero-order valence-electron chi connectivity index (χ0n) is 19.6. The molecule has 9 heteroatoms. The molecular formula is C21H40IN5O2S. The molecule has 30 heavy (non-hydrogen) atoms. The molecule has 0 aromatic heterocycles. The Kier molecular flexibility index (Phi) is 12.4. The van der Waals surface area contributed by atoms with E-state index in [4.69, 9.17) is 0 Å². The summed E-state index contributed by atoms with van der Waals surface area (Å²) in [7, 11) is -1.90. The first kappa shape index (κ1) is 29.1. The highest BCUT2D eigenvalue weighted by molar-refractivity contribution is 14.0. The molecule has 0 bridgehead atoms. The van der Waals surface area contributed by atoms with Gasteiger partial charge in [-0.05, 0) is 60.1 Å². The molecule has 0 atom stereocenters. The zero-order chi connectivity index (χ0) is 22.2. The Balaban J connectivity index is 0.00000841. The van der Waals surface area contributed by atoms with E-state index >= 15 is 0 Å². The van der Waals surface area contributed by atoms with Gasteiger partial charge in [0.25, 0.3) is 0 Å². The van der Waals surface area contributed by atoms with Crippen LogP contribution < -0.4 is 15.4 Å². The minimum absolute atomic E-state index is 0. The molecule has 0 unspecified atom stereocenters. The number of guanidine groups is 1. The number of nitrogens with zero attached hydrogens (tertiary/aromatic N) is 2. The van der Waals surface area contributed by atoms with Gasteiger partial charge in [-0.1, -0.05) is 18.2 Å². The van der Waals surface area contributed by atoms with Gasteiger partial charge in [0.2, 0.25) is 10.0 Å². The number of aliphatic imine (C=N–C) groups is 1. The summed E-state index contributed by atoms with van der Waals surface area (Å²) < 4.78 is 28.2. The van der Waals surface area contributed by atoms with E-state index in [-0.39, 0.29) is 28.9 Å². The van der Waals surface area contributed by atoms with Crippen molar-refractivity contribution in [3.63, 3.8) is 0 Å². The monoisotopic (exact) mass is 553 g/mol. The Hall–Kier alpha value is -0.910. The molecule has 1 aromatic carbocycles. The van der Waals surface area contributed by atoms with Crippen LogP contribution in [0.25, 0.3) is 0 Å². The Morgan fingerprint density at radius 2 is 1.63 bits per heavy atom. The van der Waals surface area contributed by atoms with E-state index in [0.717, 1.165) is 13.1 Å². The van der Waals surface area contributed by atoms with Crippen LogP contribution in [0.15, 0.2) is 34.2 Å². The highest BCUT2D eigenvalue weighted by Crippen LogP contribution is 2.17. The molecular weight excluding hydrogens is 513 g/mol. The van der Waals surface area contributed by atoms with E-state index in [2.05, 4.69) is 52.9 Å². The van der Waals surface area contributed by atoms with Gasteiger partial charge in [-0.3, -0.25) is 9.89 Å². The third-order valence-electron chi connectivity index (χ3n) is 4.36. The van der Waals surface area contributed by atoms with Crippen molar-refractivity contribution in [3.05, 3.63) is 29.8 Å². The van der Waals surface area contributed by atoms with Crippen LogP contribution in [0.2, 0.25) is 0 Å². The lowest BCUT2D eigenvalue weighted by Crippen LogP contribution is -2.45. The lowest BCUT2D eigenvalue weighted by atomic mass is 10.1. The van der Waals surface area contributed by atoms with E-state index in [9.17, 15) is 8.42 Å². The average Bonchev–Trinajstić information content (AvgIpc) is 2.58. The quantitative estimate of drug-likeness (QED) is 0.249. The molecule has 1 rings (SSSR count). The van der Waals surface area contributed by atoms with Gasteiger partial charge in [0.1, 0.15) is 0 Å². The van der Waals surface area contributed by atoms with Crippen LogP contribution in [0.3, 0.4) is 0 Å². The molecule has 1 aromatic rings. The largest absolute Gasteiger partial charge is 0.355 e. The summed E-state index contributed by atoms with van der Waals surface area (Å²) >= 11 is 0. The molecule has 0 aliphatic rings. The van der Waals surface area contributed by atoms with Gasteiger partial charge in [0, 0.05) is 44.3 Å². The minimum atomic E-state index is -3.61. The second-order valence-corrected chi connectivity index (χ2v) is 10.4. The second-order valence-electron chi connectivity index (χ2n) is 8.74. The Morgan fingerprint density at radius 1 is 1.07 bits per heavy atom. The van der Waals surface area contributed by atoms with Crippen molar-refractivity contribution in [1.82, 2.24) is 20.3 Å². The van der Waals surface area contributed by atoms with E-state index in [1.54, 1.807) is 19.2 Å². The fourth-order valence-corrected chi connectivity index (χ4v) is 4.84. The molecule has 0 saturated carbocycles. The predicted octanol–water partition coefficient (Wildman–Crippen LogP) is 3.17. The fourth-order valence-electron chi connectivity index (χ4n) is 3.19. The van der Waals surface area contributed by atoms with E-state index in [1.165, 1.54) is 0 Å². The Labute approximate surface area is 200 Å². The van der Waals surface area contributed by atoms with E-state index in [1.807, 2.05) is 32.9 Å². The van der Waals surface area contributed by atoms with Gasteiger partial charge in [0.05, 0.1) is 4.90 Å². The smallest absolute Gasteiger partial charge is 0.241 e. The topological polar surface area (TPSA) is 85.8 Å². The Morgan fingerprint density at radius 3 is 2.13 bits per heavy atom. The third kappa shape index (κ3) is 9.93. The van der Waals surface area contributed by atoms with Gasteiger partial charge in [0.15, 0.2) is 5.96 Å². The summed E-state index contributed by atoms with van der Waals surface area (Å²) in [5, 5.41) is 6.53. The van der Waals surface area contributed by atoms with Crippen LogP contribution in [0.4, 0.5) is 0 Å². The number of nitrogens with one attached hydrogen (secondary N) is 3. The van der Waals surface area contributed by atoms with Crippen molar-refractivity contribution >= 4 is 40.0 Å². The number of hydrogen-bond donors (Lipinski definition) is 3. The van der Waals surface area contributed by atoms with Gasteiger partial charge < -0.3 is 10.6 Å². The summed E-state index contributed by atoms with van der Waals surface area (Å²) in [5.41, 5.74) is 0.147. The first-order valence-electron chi connectivity index (χ1n) is 10.2. The second kappa shape index (κ2) is 12.8. The molecule has 3 N–H and O–H groups in total. The minimum Gasteiger partial charge on any atom is -0.355 e. The highest BCUT2D eigenvalue weighted by Gasteiger charge is 2.24. The lowest BCUT2D eigenvalue weighted by Gasteiger charge is -2.30. The average molecular weight is 554 g/mol. The maximum Gasteiger partial charge on any atom is 0.241 e. The molecule has 0 aliphatic carbocycles. The number of sulfonamides is 1. The van der Waals surface area contributed by atoms with Crippen molar-refractivity contribution in [2.45, 2.75) is 77.5 Å². The van der Waals surface area contributed by atoms with Crippen LogP contribution in [-0.2, 0) is 16.6 Å². The molecule has 7 nitrogen and oxygen atoms in total. The van der Waals surface area contributed by atoms with Crippen molar-refractivity contribution in [1.29, 1.82) is 0 Å². The molecule has 0 fully saturated rings. The van der Waals surface area contributed by atoms with Crippen molar-refractivity contribution < 1.29 is 8.42 Å². The van der Waals surface area contributed by atoms with Gasteiger partial charge in [-0.2, -0.15) is 0 Å². The molecule has 0 saturated heterocycles. The van der Waals surface area contributed by atoms with Crippen LogP contribution in [0.5, 0.6) is 0 Å². The first-order chi connectivity index (χ1) is 13.4. The maximum absolute atomic E-state index is 12.8. The summed E-state index contributed by atoms with van der Waals surface area (Å²) in [6.45, 7) is 16.3. The van der Waals surface area contributed by atoms with Crippen molar-refractivity contribution in [2.24, 2.45) is 4.99 Å². The van der Waals surface area contributed by atoms with E-state index in [0.29, 0.717) is 30.2 Å². The fraction of sp³-hybridized carbons (Fsp3) is 0.667. The van der Waals surface area contributed by atoms with Crippen LogP contribution >= 0.6 is 24.0 Å².